The molecule has 2 aromatic carbocycles. The highest BCUT2D eigenvalue weighted by molar-refractivity contribution is 7.23. The zero-order chi connectivity index (χ0) is 27.7. The minimum atomic E-state index is -0.484. The quantitative estimate of drug-likeness (QED) is 0.370. The molecule has 0 aliphatic carbocycles. The lowest BCUT2D eigenvalue weighted by atomic mass is 9.90. The first-order valence-corrected chi connectivity index (χ1v) is 14.3. The van der Waals surface area contributed by atoms with Crippen molar-refractivity contribution in [3.8, 4) is 23.2 Å². The van der Waals surface area contributed by atoms with Crippen LogP contribution in [0.1, 0.15) is 36.5 Å². The maximum atomic E-state index is 16.9. The number of rotatable bonds is 5. The van der Waals surface area contributed by atoms with E-state index in [1.165, 1.54) is 18.4 Å². The normalized spacial score (nSPS) is 21.2. The second kappa shape index (κ2) is 9.52. The summed E-state index contributed by atoms with van der Waals surface area (Å²) in [4.78, 5) is 14.0. The summed E-state index contributed by atoms with van der Waals surface area (Å²) in [5.74, 6) is 0.191. The Morgan fingerprint density at radius 2 is 1.98 bits per heavy atom. The number of ether oxygens (including phenoxy) is 2. The van der Waals surface area contributed by atoms with Gasteiger partial charge in [-0.2, -0.15) is 15.2 Å². The van der Waals surface area contributed by atoms with Gasteiger partial charge in [-0.1, -0.05) is 12.1 Å². The van der Waals surface area contributed by atoms with Gasteiger partial charge in [-0.25, -0.2) is 4.39 Å². The molecule has 206 valence electrons. The Morgan fingerprint density at radius 1 is 1.23 bits per heavy atom. The van der Waals surface area contributed by atoms with Crippen molar-refractivity contribution in [3.05, 3.63) is 40.7 Å². The molecule has 5 heterocycles. The Morgan fingerprint density at radius 3 is 2.67 bits per heavy atom. The molecule has 9 nitrogen and oxygen atoms in total. The highest BCUT2D eigenvalue weighted by atomic mass is 32.1. The fraction of sp³-hybridized carbons (Fsp3) is 0.414. The fourth-order valence-electron chi connectivity index (χ4n) is 6.90. The highest BCUT2D eigenvalue weighted by Crippen LogP contribution is 2.48. The van der Waals surface area contributed by atoms with E-state index in [2.05, 4.69) is 20.9 Å². The number of nitrogens with zero attached hydrogens (tertiary/aromatic N) is 5. The van der Waals surface area contributed by atoms with Crippen LogP contribution in [0.2, 0.25) is 0 Å². The standard InChI is InChI=1S/C29H29FN6O3S/c1-14(37)9-35-10-15-6-7-16(11-35)36(15)28-24-20-13-39-12-19(20)23(25(30)26(24)33-29(34-28)38-2)17-4-3-5-21-22(17)18(8-31)27(32)40-21/h3-5,14-16,37H,6-7,9-13,32H2,1-2H3/t14-,15?,16?/m0/s1. The Hall–Kier alpha value is -3.56. The number of benzene rings is 2. The second-order valence-corrected chi connectivity index (χ2v) is 12.0. The molecule has 0 saturated carbocycles. The third-order valence-corrected chi connectivity index (χ3v) is 9.37. The van der Waals surface area contributed by atoms with E-state index in [9.17, 15) is 10.4 Å². The maximum absolute atomic E-state index is 16.9. The lowest BCUT2D eigenvalue weighted by Crippen LogP contribution is -2.55. The fourth-order valence-corrected chi connectivity index (χ4v) is 7.84. The zero-order valence-corrected chi connectivity index (χ0v) is 23.1. The van der Waals surface area contributed by atoms with Gasteiger partial charge in [0.2, 0.25) is 0 Å². The third-order valence-electron chi connectivity index (χ3n) is 8.39. The van der Waals surface area contributed by atoms with Crippen molar-refractivity contribution in [2.75, 3.05) is 37.4 Å². The number of aromatic nitrogens is 2. The minimum Gasteiger partial charge on any atom is -0.467 e. The first-order chi connectivity index (χ1) is 19.4. The summed E-state index contributed by atoms with van der Waals surface area (Å²) in [5, 5.41) is 21.6. The van der Waals surface area contributed by atoms with Crippen LogP contribution >= 0.6 is 11.3 Å². The van der Waals surface area contributed by atoms with E-state index in [1.54, 1.807) is 0 Å². The van der Waals surface area contributed by atoms with Gasteiger partial charge in [0.05, 0.1) is 37.4 Å². The van der Waals surface area contributed by atoms with Crippen molar-refractivity contribution in [3.63, 3.8) is 0 Å². The van der Waals surface area contributed by atoms with Crippen molar-refractivity contribution >= 4 is 43.1 Å². The van der Waals surface area contributed by atoms with Gasteiger partial charge in [0.1, 0.15) is 22.4 Å². The minimum absolute atomic E-state index is 0.104. The predicted molar refractivity (Wildman–Crippen MR) is 152 cm³/mol. The lowest BCUT2D eigenvalue weighted by Gasteiger charge is -2.42. The summed E-state index contributed by atoms with van der Waals surface area (Å²) < 4.78 is 29.2. The van der Waals surface area contributed by atoms with E-state index in [0.29, 0.717) is 51.4 Å². The van der Waals surface area contributed by atoms with E-state index in [1.807, 2.05) is 25.1 Å². The molecule has 0 amide bonds. The molecule has 3 aliphatic rings. The molecule has 0 radical (unpaired) electrons. The van der Waals surface area contributed by atoms with Gasteiger partial charge in [-0.05, 0) is 42.5 Å². The van der Waals surface area contributed by atoms with Gasteiger partial charge in [-0.15, -0.1) is 11.3 Å². The summed E-state index contributed by atoms with van der Waals surface area (Å²) in [6.45, 7) is 4.59. The number of methoxy groups -OCH3 is 1. The first kappa shape index (κ1) is 25.4. The van der Waals surface area contributed by atoms with Crippen LogP contribution in [-0.4, -0.2) is 64.9 Å². The number of hydrogen-bond acceptors (Lipinski definition) is 10. The number of likely N-dealkylation sites (tertiary alicyclic amines) is 1. The molecule has 3 aliphatic heterocycles. The maximum Gasteiger partial charge on any atom is 0.318 e. The number of thiophene rings is 1. The smallest absolute Gasteiger partial charge is 0.318 e. The second-order valence-electron chi connectivity index (χ2n) is 10.9. The Kier molecular flexibility index (Phi) is 6.05. The van der Waals surface area contributed by atoms with Gasteiger partial charge < -0.3 is 25.2 Å². The van der Waals surface area contributed by atoms with Crippen molar-refractivity contribution < 1.29 is 19.0 Å². The summed E-state index contributed by atoms with van der Waals surface area (Å²) in [6.07, 6.45) is 1.59. The van der Waals surface area contributed by atoms with Crippen molar-refractivity contribution in [2.45, 2.75) is 51.2 Å². The number of nitrogen functional groups attached to an aromatic ring is 1. The van der Waals surface area contributed by atoms with Gasteiger partial charge in [0.25, 0.3) is 0 Å². The molecule has 4 aromatic rings. The molecule has 2 saturated heterocycles. The molecule has 2 bridgehead atoms. The largest absolute Gasteiger partial charge is 0.467 e. The first-order valence-electron chi connectivity index (χ1n) is 13.5. The number of piperazine rings is 1. The number of nitrogens with two attached hydrogens (primary N) is 1. The van der Waals surface area contributed by atoms with Crippen LogP contribution < -0.4 is 15.4 Å². The zero-order valence-electron chi connectivity index (χ0n) is 22.3. The van der Waals surface area contributed by atoms with Crippen LogP contribution in [0.15, 0.2) is 18.2 Å². The average Bonchev–Trinajstić information content (AvgIpc) is 3.61. The van der Waals surface area contributed by atoms with E-state index in [4.69, 9.17) is 20.2 Å². The number of halogens is 1. The molecule has 2 unspecified atom stereocenters. The van der Waals surface area contributed by atoms with E-state index < -0.39 is 11.9 Å². The molecular weight excluding hydrogens is 531 g/mol. The Bertz CT molecular complexity index is 1700. The number of nitriles is 1. The molecule has 2 aromatic heterocycles. The van der Waals surface area contributed by atoms with Crippen LogP contribution in [-0.2, 0) is 18.0 Å². The highest BCUT2D eigenvalue weighted by Gasteiger charge is 2.43. The molecule has 7 rings (SSSR count). The van der Waals surface area contributed by atoms with Crippen molar-refractivity contribution in [2.24, 2.45) is 0 Å². The molecule has 3 atom stereocenters. The molecule has 3 N–H and O–H groups in total. The van der Waals surface area contributed by atoms with Crippen LogP contribution in [0, 0.1) is 17.1 Å². The number of aliphatic hydroxyl groups is 1. The van der Waals surface area contributed by atoms with Gasteiger partial charge >= 0.3 is 6.01 Å². The summed E-state index contributed by atoms with van der Waals surface area (Å²) in [5.41, 5.74) is 9.33. The molecular formula is C29H29FN6O3S. The Balaban J connectivity index is 1.47. The van der Waals surface area contributed by atoms with Crippen molar-refractivity contribution in [1.29, 1.82) is 5.26 Å². The van der Waals surface area contributed by atoms with E-state index in [0.717, 1.165) is 41.8 Å². The van der Waals surface area contributed by atoms with Gasteiger partial charge in [0, 0.05) is 47.4 Å². The van der Waals surface area contributed by atoms with Gasteiger partial charge in [0.15, 0.2) is 5.82 Å². The molecule has 2 fully saturated rings. The predicted octanol–water partition coefficient (Wildman–Crippen LogP) is 4.18. The number of hydrogen-bond donors (Lipinski definition) is 2. The molecule has 11 heteroatoms. The molecule has 40 heavy (non-hydrogen) atoms. The number of β-amino-alcohol motifs (C(OH)–C–C–N with tert-alkyl or cyclic N) is 1. The molecule has 0 spiro atoms. The SMILES string of the molecule is COc1nc(N2C3CCC2CN(C[C@H](C)O)C3)c2c3c(c(-c4cccc5sc(N)c(C#N)c45)c(F)c2n1)COC3. The average molecular weight is 561 g/mol. The summed E-state index contributed by atoms with van der Waals surface area (Å²) in [7, 11) is 1.49. The lowest BCUT2D eigenvalue weighted by molar-refractivity contribution is 0.111. The van der Waals surface area contributed by atoms with Crippen molar-refractivity contribution in [1.82, 2.24) is 14.9 Å². The summed E-state index contributed by atoms with van der Waals surface area (Å²) >= 11 is 1.32. The topological polar surface area (TPSA) is 121 Å². The number of anilines is 2. The number of fused-ring (bicyclic) bond motifs is 6. The monoisotopic (exact) mass is 560 g/mol. The third kappa shape index (κ3) is 3.74. The number of aliphatic hydroxyl groups excluding tert-OH is 1. The van der Waals surface area contributed by atoms with E-state index >= 15 is 4.39 Å². The van der Waals surface area contributed by atoms with Crippen LogP contribution in [0.25, 0.3) is 32.1 Å². The van der Waals surface area contributed by atoms with Gasteiger partial charge in [-0.3, -0.25) is 4.90 Å². The van der Waals surface area contributed by atoms with Crippen LogP contribution in [0.3, 0.4) is 0 Å². The van der Waals surface area contributed by atoms with Crippen LogP contribution in [0.4, 0.5) is 15.2 Å². The van der Waals surface area contributed by atoms with E-state index in [-0.39, 0.29) is 30.2 Å². The summed E-state index contributed by atoms with van der Waals surface area (Å²) in [6, 6.07) is 8.27. The van der Waals surface area contributed by atoms with Crippen LogP contribution in [0.5, 0.6) is 6.01 Å². The Labute approximate surface area is 234 Å².